The second-order valence-corrected chi connectivity index (χ2v) is 7.56. The molecule has 2 aromatic carbocycles. The maximum Gasteiger partial charge on any atom is 0.319 e. The molecule has 1 fully saturated rings. The van der Waals surface area contributed by atoms with E-state index in [1.165, 1.54) is 4.90 Å². The summed E-state index contributed by atoms with van der Waals surface area (Å²) in [6, 6.07) is 15.1. The van der Waals surface area contributed by atoms with E-state index in [-0.39, 0.29) is 18.5 Å². The number of nitrogens with one attached hydrogen (secondary N) is 3. The second-order valence-electron chi connectivity index (χ2n) is 5.98. The van der Waals surface area contributed by atoms with Crippen LogP contribution in [-0.4, -0.2) is 43.9 Å². The molecule has 0 radical (unpaired) electrons. The molecule has 0 bridgehead atoms. The van der Waals surface area contributed by atoms with Gasteiger partial charge in [0.1, 0.15) is 0 Å². The number of hydrogen-bond donors (Lipinski definition) is 3. The fraction of sp³-hybridized carbons (Fsp3) is 0.263. The smallest absolute Gasteiger partial charge is 0.319 e. The number of hydrogen-bond acceptors (Lipinski definition) is 4. The van der Waals surface area contributed by atoms with Gasteiger partial charge in [0, 0.05) is 36.0 Å². The van der Waals surface area contributed by atoms with Gasteiger partial charge in [0.2, 0.25) is 5.91 Å². The van der Waals surface area contributed by atoms with Crippen LogP contribution in [0.5, 0.6) is 0 Å². The Labute approximate surface area is 167 Å². The number of amides is 3. The number of anilines is 2. The molecule has 2 aromatic rings. The van der Waals surface area contributed by atoms with Crippen molar-refractivity contribution in [2.24, 2.45) is 0 Å². The van der Waals surface area contributed by atoms with E-state index in [9.17, 15) is 9.59 Å². The molecule has 8 heteroatoms. The Hall–Kier alpha value is -2.38. The van der Waals surface area contributed by atoms with E-state index >= 15 is 0 Å². The SMILES string of the molecule is O=C1CN(c2ccc(NC(=O)NCCSc3ccccc3)cc2Cl)CCN1. The lowest BCUT2D eigenvalue weighted by atomic mass is 10.2. The van der Waals surface area contributed by atoms with Gasteiger partial charge in [-0.1, -0.05) is 29.8 Å². The highest BCUT2D eigenvalue weighted by Gasteiger charge is 2.18. The summed E-state index contributed by atoms with van der Waals surface area (Å²) in [6.45, 7) is 2.14. The van der Waals surface area contributed by atoms with Gasteiger partial charge in [-0.25, -0.2) is 4.79 Å². The number of carbonyl (C=O) groups is 2. The Morgan fingerprint density at radius 3 is 2.78 bits per heavy atom. The first-order valence-electron chi connectivity index (χ1n) is 8.66. The average Bonchev–Trinajstić information content (AvgIpc) is 2.66. The zero-order valence-electron chi connectivity index (χ0n) is 14.7. The number of nitrogens with zero attached hydrogens (tertiary/aromatic N) is 1. The first-order valence-corrected chi connectivity index (χ1v) is 10.0. The molecule has 6 nitrogen and oxygen atoms in total. The lowest BCUT2D eigenvalue weighted by Crippen LogP contribution is -2.47. The van der Waals surface area contributed by atoms with Gasteiger partial charge in [0.15, 0.2) is 0 Å². The van der Waals surface area contributed by atoms with E-state index in [1.807, 2.05) is 41.3 Å². The van der Waals surface area contributed by atoms with Crippen molar-refractivity contribution < 1.29 is 9.59 Å². The normalized spacial score (nSPS) is 13.8. The molecule has 142 valence electrons. The van der Waals surface area contributed by atoms with Crippen LogP contribution in [-0.2, 0) is 4.79 Å². The van der Waals surface area contributed by atoms with E-state index in [2.05, 4.69) is 16.0 Å². The van der Waals surface area contributed by atoms with Crippen LogP contribution in [0.1, 0.15) is 0 Å². The monoisotopic (exact) mass is 404 g/mol. The first-order chi connectivity index (χ1) is 13.1. The Morgan fingerprint density at radius 2 is 2.04 bits per heavy atom. The fourth-order valence-corrected chi connectivity index (χ4v) is 3.80. The van der Waals surface area contributed by atoms with Crippen LogP contribution in [0.2, 0.25) is 5.02 Å². The van der Waals surface area contributed by atoms with Gasteiger partial charge in [-0.3, -0.25) is 4.79 Å². The molecule has 3 N–H and O–H groups in total. The van der Waals surface area contributed by atoms with Gasteiger partial charge in [-0.15, -0.1) is 11.8 Å². The zero-order valence-corrected chi connectivity index (χ0v) is 16.3. The maximum atomic E-state index is 12.0. The molecule has 0 unspecified atom stereocenters. The molecule has 0 aromatic heterocycles. The molecule has 0 spiro atoms. The molecule has 1 aliphatic rings. The summed E-state index contributed by atoms with van der Waals surface area (Å²) in [7, 11) is 0. The molecular formula is C19H21ClN4O2S. The third-order valence-electron chi connectivity index (χ3n) is 3.98. The highest BCUT2D eigenvalue weighted by atomic mass is 35.5. The molecule has 0 atom stereocenters. The molecule has 1 heterocycles. The third-order valence-corrected chi connectivity index (χ3v) is 5.30. The minimum absolute atomic E-state index is 0.0210. The Bertz CT molecular complexity index is 804. The molecule has 3 amide bonds. The highest BCUT2D eigenvalue weighted by molar-refractivity contribution is 7.99. The Morgan fingerprint density at radius 1 is 1.22 bits per heavy atom. The quantitative estimate of drug-likeness (QED) is 0.510. The topological polar surface area (TPSA) is 73.5 Å². The van der Waals surface area contributed by atoms with Crippen molar-refractivity contribution in [2.75, 3.05) is 42.1 Å². The van der Waals surface area contributed by atoms with E-state index in [4.69, 9.17) is 11.6 Å². The van der Waals surface area contributed by atoms with Crippen LogP contribution in [0.25, 0.3) is 0 Å². The standard InChI is InChI=1S/C19H21ClN4O2S/c20-16-12-14(6-7-17(16)24-10-8-21-18(25)13-24)23-19(26)22-9-11-27-15-4-2-1-3-5-15/h1-7,12H,8-11,13H2,(H,21,25)(H2,22,23,26). The summed E-state index contributed by atoms with van der Waals surface area (Å²) in [5, 5.41) is 8.89. The third kappa shape index (κ3) is 5.80. The zero-order chi connectivity index (χ0) is 19.1. The van der Waals surface area contributed by atoms with Gasteiger partial charge in [-0.05, 0) is 30.3 Å². The molecule has 1 saturated heterocycles. The Balaban J connectivity index is 1.46. The first kappa shape index (κ1) is 19.4. The van der Waals surface area contributed by atoms with Gasteiger partial charge in [0.25, 0.3) is 0 Å². The predicted molar refractivity (Wildman–Crippen MR) is 111 cm³/mol. The van der Waals surface area contributed by atoms with Gasteiger partial charge >= 0.3 is 6.03 Å². The van der Waals surface area contributed by atoms with Crippen LogP contribution in [0.3, 0.4) is 0 Å². The predicted octanol–water partition coefficient (Wildman–Crippen LogP) is 3.19. The number of rotatable bonds is 6. The van der Waals surface area contributed by atoms with Crippen LogP contribution >= 0.6 is 23.4 Å². The maximum absolute atomic E-state index is 12.0. The number of benzene rings is 2. The minimum atomic E-state index is -0.273. The number of urea groups is 1. The van der Waals surface area contributed by atoms with E-state index < -0.39 is 0 Å². The minimum Gasteiger partial charge on any atom is -0.359 e. The van der Waals surface area contributed by atoms with Crippen molar-refractivity contribution in [1.29, 1.82) is 0 Å². The average molecular weight is 405 g/mol. The van der Waals surface area contributed by atoms with Crippen molar-refractivity contribution in [3.05, 3.63) is 53.6 Å². The summed E-state index contributed by atoms with van der Waals surface area (Å²) in [5.41, 5.74) is 1.40. The van der Waals surface area contributed by atoms with E-state index in [1.54, 1.807) is 23.9 Å². The largest absolute Gasteiger partial charge is 0.359 e. The summed E-state index contributed by atoms with van der Waals surface area (Å²) < 4.78 is 0. The molecule has 3 rings (SSSR count). The van der Waals surface area contributed by atoms with Crippen molar-refractivity contribution in [3.8, 4) is 0 Å². The summed E-state index contributed by atoms with van der Waals surface area (Å²) >= 11 is 8.03. The molecule has 1 aliphatic heterocycles. The van der Waals surface area contributed by atoms with Crippen LogP contribution in [0, 0.1) is 0 Å². The molecule has 0 aliphatic carbocycles. The number of thioether (sulfide) groups is 1. The number of halogens is 1. The van der Waals surface area contributed by atoms with Gasteiger partial charge < -0.3 is 20.9 Å². The fourth-order valence-electron chi connectivity index (χ4n) is 2.71. The lowest BCUT2D eigenvalue weighted by molar-refractivity contribution is -0.120. The second kappa shape index (κ2) is 9.53. The summed E-state index contributed by atoms with van der Waals surface area (Å²) in [5.74, 6) is 0.765. The van der Waals surface area contributed by atoms with Crippen LogP contribution in [0.15, 0.2) is 53.4 Å². The summed E-state index contributed by atoms with van der Waals surface area (Å²) in [6.07, 6.45) is 0. The van der Waals surface area contributed by atoms with Crippen LogP contribution < -0.4 is 20.9 Å². The van der Waals surface area contributed by atoms with E-state index in [0.717, 1.165) is 11.4 Å². The van der Waals surface area contributed by atoms with Crippen molar-refractivity contribution in [3.63, 3.8) is 0 Å². The Kier molecular flexibility index (Phi) is 6.84. The van der Waals surface area contributed by atoms with Crippen molar-refractivity contribution in [2.45, 2.75) is 4.90 Å². The van der Waals surface area contributed by atoms with Crippen molar-refractivity contribution in [1.82, 2.24) is 10.6 Å². The highest BCUT2D eigenvalue weighted by Crippen LogP contribution is 2.29. The van der Waals surface area contributed by atoms with Gasteiger partial charge in [-0.2, -0.15) is 0 Å². The van der Waals surface area contributed by atoms with Crippen molar-refractivity contribution >= 4 is 46.7 Å². The van der Waals surface area contributed by atoms with Crippen LogP contribution in [0.4, 0.5) is 16.2 Å². The molecular weight excluding hydrogens is 384 g/mol. The molecule has 27 heavy (non-hydrogen) atoms. The van der Waals surface area contributed by atoms with E-state index in [0.29, 0.717) is 30.3 Å². The molecule has 0 saturated carbocycles. The number of carbonyl (C=O) groups excluding carboxylic acids is 2. The number of piperazine rings is 1. The summed E-state index contributed by atoms with van der Waals surface area (Å²) in [4.78, 5) is 26.6. The lowest BCUT2D eigenvalue weighted by Gasteiger charge is -2.29. The van der Waals surface area contributed by atoms with Gasteiger partial charge in [0.05, 0.1) is 17.3 Å².